The summed E-state index contributed by atoms with van der Waals surface area (Å²) in [6.07, 6.45) is 1.15. The second-order valence-electron chi connectivity index (χ2n) is 5.73. The SMILES string of the molecule is Cc1cccc(NC2=NC(C)(C)CC(C)O2)c1C. The van der Waals surface area contributed by atoms with Crippen LogP contribution in [0.5, 0.6) is 0 Å². The van der Waals surface area contributed by atoms with E-state index in [0.717, 1.165) is 12.1 Å². The normalized spacial score (nSPS) is 22.1. The molecule has 0 bridgehead atoms. The number of hydrogen-bond donors (Lipinski definition) is 1. The van der Waals surface area contributed by atoms with E-state index in [1.54, 1.807) is 0 Å². The molecule has 0 amide bonds. The van der Waals surface area contributed by atoms with Crippen LogP contribution in [-0.4, -0.2) is 17.7 Å². The third-order valence-electron chi connectivity index (χ3n) is 3.35. The van der Waals surface area contributed by atoms with E-state index >= 15 is 0 Å². The van der Waals surface area contributed by atoms with Crippen LogP contribution in [0.15, 0.2) is 23.2 Å². The zero-order chi connectivity index (χ0) is 13.3. The maximum absolute atomic E-state index is 5.76. The number of benzene rings is 1. The lowest BCUT2D eigenvalue weighted by Crippen LogP contribution is -2.37. The van der Waals surface area contributed by atoms with E-state index in [0.29, 0.717) is 6.02 Å². The summed E-state index contributed by atoms with van der Waals surface area (Å²) in [5, 5.41) is 3.30. The van der Waals surface area contributed by atoms with Gasteiger partial charge < -0.3 is 10.1 Å². The predicted molar refractivity (Wildman–Crippen MR) is 76.2 cm³/mol. The highest BCUT2D eigenvalue weighted by Crippen LogP contribution is 2.25. The van der Waals surface area contributed by atoms with Gasteiger partial charge >= 0.3 is 0 Å². The van der Waals surface area contributed by atoms with Crippen molar-refractivity contribution in [2.45, 2.75) is 52.7 Å². The average molecular weight is 246 g/mol. The Morgan fingerprint density at radius 2 is 2.06 bits per heavy atom. The molecule has 1 aromatic carbocycles. The van der Waals surface area contributed by atoms with Gasteiger partial charge in [0.15, 0.2) is 0 Å². The maximum atomic E-state index is 5.76. The summed E-state index contributed by atoms with van der Waals surface area (Å²) < 4.78 is 5.76. The van der Waals surface area contributed by atoms with Crippen molar-refractivity contribution in [1.29, 1.82) is 0 Å². The number of ether oxygens (including phenoxy) is 1. The Bertz CT molecular complexity index is 477. The average Bonchev–Trinajstić information content (AvgIpc) is 2.22. The second-order valence-corrected chi connectivity index (χ2v) is 5.73. The van der Waals surface area contributed by atoms with Gasteiger partial charge in [0.1, 0.15) is 6.10 Å². The Morgan fingerprint density at radius 1 is 1.33 bits per heavy atom. The van der Waals surface area contributed by atoms with Crippen LogP contribution in [-0.2, 0) is 4.74 Å². The van der Waals surface area contributed by atoms with Crippen molar-refractivity contribution in [3.8, 4) is 0 Å². The third kappa shape index (κ3) is 2.84. The molecular formula is C15H22N2O. The Balaban J connectivity index is 2.24. The molecule has 1 heterocycles. The van der Waals surface area contributed by atoms with E-state index < -0.39 is 0 Å². The monoisotopic (exact) mass is 246 g/mol. The predicted octanol–water partition coefficient (Wildman–Crippen LogP) is 3.66. The quantitative estimate of drug-likeness (QED) is 0.820. The Morgan fingerprint density at radius 3 is 2.72 bits per heavy atom. The van der Waals surface area contributed by atoms with Gasteiger partial charge in [-0.3, -0.25) is 0 Å². The lowest BCUT2D eigenvalue weighted by Gasteiger charge is -2.31. The smallest absolute Gasteiger partial charge is 0.290 e. The van der Waals surface area contributed by atoms with Crippen LogP contribution < -0.4 is 5.32 Å². The van der Waals surface area contributed by atoms with E-state index in [1.807, 2.05) is 6.07 Å². The molecule has 1 atom stereocenters. The standard InChI is InChI=1S/C15H22N2O/c1-10-7-6-8-13(12(10)3)16-14-17-15(4,5)9-11(2)18-14/h6-8,11H,9H2,1-5H3,(H,16,17). The van der Waals surface area contributed by atoms with Crippen molar-refractivity contribution in [2.24, 2.45) is 4.99 Å². The van der Waals surface area contributed by atoms with Gasteiger partial charge in [0, 0.05) is 12.1 Å². The molecule has 3 heteroatoms. The summed E-state index contributed by atoms with van der Waals surface area (Å²) in [6, 6.07) is 6.84. The number of aryl methyl sites for hydroxylation is 1. The summed E-state index contributed by atoms with van der Waals surface area (Å²) in [5.41, 5.74) is 3.51. The van der Waals surface area contributed by atoms with Gasteiger partial charge in [-0.05, 0) is 51.8 Å². The fourth-order valence-corrected chi connectivity index (χ4v) is 2.34. The molecule has 1 aliphatic rings. The lowest BCUT2D eigenvalue weighted by atomic mass is 9.97. The molecule has 0 fully saturated rings. The summed E-state index contributed by atoms with van der Waals surface area (Å²) in [4.78, 5) is 4.61. The molecule has 0 spiro atoms. The van der Waals surface area contributed by atoms with Gasteiger partial charge in [0.25, 0.3) is 6.02 Å². The van der Waals surface area contributed by atoms with E-state index in [4.69, 9.17) is 4.74 Å². The van der Waals surface area contributed by atoms with Gasteiger partial charge in [0.2, 0.25) is 0 Å². The van der Waals surface area contributed by atoms with Crippen LogP contribution in [0.4, 0.5) is 5.69 Å². The van der Waals surface area contributed by atoms with Crippen molar-refractivity contribution in [2.75, 3.05) is 5.32 Å². The fourth-order valence-electron chi connectivity index (χ4n) is 2.34. The molecule has 1 aromatic rings. The summed E-state index contributed by atoms with van der Waals surface area (Å²) in [7, 11) is 0. The minimum absolute atomic E-state index is 0.0578. The number of anilines is 1. The van der Waals surface area contributed by atoms with Crippen molar-refractivity contribution in [3.05, 3.63) is 29.3 Å². The lowest BCUT2D eigenvalue weighted by molar-refractivity contribution is 0.144. The van der Waals surface area contributed by atoms with Crippen LogP contribution in [0, 0.1) is 13.8 Å². The third-order valence-corrected chi connectivity index (χ3v) is 3.35. The molecule has 1 N–H and O–H groups in total. The van der Waals surface area contributed by atoms with Gasteiger partial charge in [-0.15, -0.1) is 0 Å². The van der Waals surface area contributed by atoms with Gasteiger partial charge in [-0.1, -0.05) is 12.1 Å². The molecule has 3 nitrogen and oxygen atoms in total. The van der Waals surface area contributed by atoms with Crippen LogP contribution in [0.1, 0.15) is 38.3 Å². The fraction of sp³-hybridized carbons (Fsp3) is 0.533. The molecule has 0 saturated heterocycles. The molecule has 1 unspecified atom stereocenters. The van der Waals surface area contributed by atoms with Crippen LogP contribution in [0.2, 0.25) is 0 Å². The highest BCUT2D eigenvalue weighted by molar-refractivity contribution is 5.90. The first kappa shape index (κ1) is 12.9. The van der Waals surface area contributed by atoms with Gasteiger partial charge in [-0.25, -0.2) is 4.99 Å². The molecule has 0 radical (unpaired) electrons. The minimum atomic E-state index is -0.0578. The van der Waals surface area contributed by atoms with Crippen LogP contribution in [0.3, 0.4) is 0 Å². The number of aliphatic imine (C=N–C) groups is 1. The zero-order valence-electron chi connectivity index (χ0n) is 11.9. The number of amidine groups is 1. The zero-order valence-corrected chi connectivity index (χ0v) is 11.9. The van der Waals surface area contributed by atoms with Gasteiger partial charge in [-0.2, -0.15) is 0 Å². The molecule has 18 heavy (non-hydrogen) atoms. The molecule has 98 valence electrons. The van der Waals surface area contributed by atoms with Crippen LogP contribution >= 0.6 is 0 Å². The van der Waals surface area contributed by atoms with E-state index in [2.05, 4.69) is 57.1 Å². The van der Waals surface area contributed by atoms with Crippen LogP contribution in [0.25, 0.3) is 0 Å². The van der Waals surface area contributed by atoms with Crippen molar-refractivity contribution in [1.82, 2.24) is 0 Å². The Labute approximate surface area is 109 Å². The second kappa shape index (κ2) is 4.63. The molecule has 0 saturated carbocycles. The molecular weight excluding hydrogens is 224 g/mol. The first-order valence-electron chi connectivity index (χ1n) is 6.47. The number of hydrogen-bond acceptors (Lipinski definition) is 3. The highest BCUT2D eigenvalue weighted by Gasteiger charge is 2.28. The summed E-state index contributed by atoms with van der Waals surface area (Å²) in [5.74, 6) is 0. The van der Waals surface area contributed by atoms with Gasteiger partial charge in [0.05, 0.1) is 5.54 Å². The number of rotatable bonds is 1. The topological polar surface area (TPSA) is 33.6 Å². The molecule has 2 rings (SSSR count). The summed E-state index contributed by atoms with van der Waals surface area (Å²) >= 11 is 0. The van der Waals surface area contributed by atoms with Crippen molar-refractivity contribution >= 4 is 11.7 Å². The van der Waals surface area contributed by atoms with Crippen molar-refractivity contribution in [3.63, 3.8) is 0 Å². The number of nitrogens with zero attached hydrogens (tertiary/aromatic N) is 1. The Kier molecular flexibility index (Phi) is 3.33. The van der Waals surface area contributed by atoms with E-state index in [1.165, 1.54) is 11.1 Å². The summed E-state index contributed by atoms with van der Waals surface area (Å²) in [6.45, 7) is 10.6. The Hall–Kier alpha value is -1.51. The molecule has 0 aromatic heterocycles. The van der Waals surface area contributed by atoms with E-state index in [9.17, 15) is 0 Å². The largest absolute Gasteiger partial charge is 0.462 e. The first-order valence-corrected chi connectivity index (χ1v) is 6.47. The maximum Gasteiger partial charge on any atom is 0.290 e. The van der Waals surface area contributed by atoms with E-state index in [-0.39, 0.29) is 11.6 Å². The number of nitrogens with one attached hydrogen (secondary N) is 1. The van der Waals surface area contributed by atoms with Crippen molar-refractivity contribution < 1.29 is 4.74 Å². The minimum Gasteiger partial charge on any atom is -0.462 e. The molecule has 0 aliphatic carbocycles. The molecule has 1 aliphatic heterocycles. The first-order chi connectivity index (χ1) is 8.37. The highest BCUT2D eigenvalue weighted by atomic mass is 16.5.